The molecule has 0 aromatic rings. The van der Waals surface area contributed by atoms with Crippen LogP contribution in [0.4, 0.5) is 0 Å². The average Bonchev–Trinajstić information content (AvgIpc) is 2.04. The molecule has 0 aromatic heterocycles. The summed E-state index contributed by atoms with van der Waals surface area (Å²) >= 11 is 3.38. The van der Waals surface area contributed by atoms with Crippen molar-refractivity contribution in [2.75, 3.05) is 6.54 Å². The van der Waals surface area contributed by atoms with Crippen LogP contribution in [-0.2, 0) is 0 Å². The van der Waals surface area contributed by atoms with Crippen LogP contribution in [0.3, 0.4) is 0 Å². The molecule has 60 valence electrons. The minimum atomic E-state index is 0.972. The van der Waals surface area contributed by atoms with Gasteiger partial charge in [0, 0.05) is 16.7 Å². The van der Waals surface area contributed by atoms with E-state index in [0.717, 1.165) is 23.1 Å². The van der Waals surface area contributed by atoms with Crippen LogP contribution >= 0.6 is 15.9 Å². The fourth-order valence-electron chi connectivity index (χ4n) is 1.21. The molecular weight excluding hydrogens is 202 g/mol. The van der Waals surface area contributed by atoms with E-state index < -0.39 is 0 Å². The summed E-state index contributed by atoms with van der Waals surface area (Å²) in [6.07, 6.45) is 4.12. The lowest BCUT2D eigenvalue weighted by Gasteiger charge is -2.19. The number of halogens is 1. The standard InChI is InChI=1S/C9H12BrN/c1-3-9-8(7(2)10)5-4-6-11-9/h3,11H,1-2,4-6H2. The zero-order valence-electron chi connectivity index (χ0n) is 6.49. The molecule has 0 atom stereocenters. The van der Waals surface area contributed by atoms with E-state index in [1.165, 1.54) is 12.0 Å². The molecule has 1 heterocycles. The second-order valence-electron chi connectivity index (χ2n) is 2.53. The summed E-state index contributed by atoms with van der Waals surface area (Å²) in [6, 6.07) is 0. The second kappa shape index (κ2) is 3.77. The van der Waals surface area contributed by atoms with E-state index in [1.54, 1.807) is 0 Å². The first-order valence-corrected chi connectivity index (χ1v) is 4.49. The quantitative estimate of drug-likeness (QED) is 0.745. The number of rotatable bonds is 2. The van der Waals surface area contributed by atoms with Crippen molar-refractivity contribution in [1.82, 2.24) is 5.32 Å². The summed E-state index contributed by atoms with van der Waals surface area (Å²) in [6.45, 7) is 8.63. The molecule has 1 aliphatic heterocycles. The van der Waals surface area contributed by atoms with Gasteiger partial charge in [-0.2, -0.15) is 0 Å². The topological polar surface area (TPSA) is 12.0 Å². The Bertz CT molecular complexity index is 216. The third-order valence-electron chi connectivity index (χ3n) is 1.78. The van der Waals surface area contributed by atoms with Gasteiger partial charge in [-0.1, -0.05) is 29.1 Å². The largest absolute Gasteiger partial charge is 0.385 e. The molecule has 0 bridgehead atoms. The van der Waals surface area contributed by atoms with Crippen LogP contribution in [0.1, 0.15) is 12.8 Å². The molecule has 0 saturated carbocycles. The molecule has 0 aromatic carbocycles. The van der Waals surface area contributed by atoms with Crippen LogP contribution in [0.25, 0.3) is 0 Å². The zero-order valence-corrected chi connectivity index (χ0v) is 8.08. The highest BCUT2D eigenvalue weighted by Crippen LogP contribution is 2.25. The van der Waals surface area contributed by atoms with Gasteiger partial charge in [0.2, 0.25) is 0 Å². The van der Waals surface area contributed by atoms with Gasteiger partial charge in [-0.3, -0.25) is 0 Å². The normalized spacial score (nSPS) is 17.5. The zero-order chi connectivity index (χ0) is 8.27. The Morgan fingerprint density at radius 2 is 2.36 bits per heavy atom. The van der Waals surface area contributed by atoms with Crippen molar-refractivity contribution >= 4 is 15.9 Å². The lowest BCUT2D eigenvalue weighted by atomic mass is 10.0. The van der Waals surface area contributed by atoms with Crippen LogP contribution < -0.4 is 5.32 Å². The summed E-state index contributed by atoms with van der Waals surface area (Å²) in [5.74, 6) is 0. The molecular formula is C9H12BrN. The number of allylic oxidation sites excluding steroid dienone is 3. The van der Waals surface area contributed by atoms with Gasteiger partial charge in [-0.05, 0) is 24.5 Å². The van der Waals surface area contributed by atoms with Crippen LogP contribution in [0, 0.1) is 0 Å². The van der Waals surface area contributed by atoms with Gasteiger partial charge in [-0.25, -0.2) is 0 Å². The Hall–Kier alpha value is -0.500. The van der Waals surface area contributed by atoms with E-state index in [-0.39, 0.29) is 0 Å². The first-order chi connectivity index (χ1) is 5.25. The minimum absolute atomic E-state index is 0.972. The molecule has 11 heavy (non-hydrogen) atoms. The fraction of sp³-hybridized carbons (Fsp3) is 0.333. The Kier molecular flexibility index (Phi) is 2.94. The first-order valence-electron chi connectivity index (χ1n) is 3.70. The molecule has 0 aliphatic carbocycles. The molecule has 1 aliphatic rings. The average molecular weight is 214 g/mol. The maximum atomic E-state index is 3.85. The SMILES string of the molecule is C=CC1=C(C(=C)Br)CCCN1. The highest BCUT2D eigenvalue weighted by Gasteiger charge is 2.10. The van der Waals surface area contributed by atoms with E-state index in [4.69, 9.17) is 0 Å². The highest BCUT2D eigenvalue weighted by molar-refractivity contribution is 9.11. The van der Waals surface area contributed by atoms with Crippen molar-refractivity contribution in [3.63, 3.8) is 0 Å². The summed E-state index contributed by atoms with van der Waals surface area (Å²) < 4.78 is 0.972. The molecule has 0 fully saturated rings. The second-order valence-corrected chi connectivity index (χ2v) is 3.49. The van der Waals surface area contributed by atoms with Crippen molar-refractivity contribution in [2.45, 2.75) is 12.8 Å². The smallest absolute Gasteiger partial charge is 0.0377 e. The molecule has 1 N–H and O–H groups in total. The van der Waals surface area contributed by atoms with Crippen molar-refractivity contribution in [1.29, 1.82) is 0 Å². The van der Waals surface area contributed by atoms with E-state index in [1.807, 2.05) is 6.08 Å². The van der Waals surface area contributed by atoms with Gasteiger partial charge in [0.15, 0.2) is 0 Å². The van der Waals surface area contributed by atoms with Gasteiger partial charge in [0.1, 0.15) is 0 Å². The van der Waals surface area contributed by atoms with E-state index in [2.05, 4.69) is 34.4 Å². The maximum absolute atomic E-state index is 3.85. The van der Waals surface area contributed by atoms with Crippen molar-refractivity contribution in [3.05, 3.63) is 35.0 Å². The predicted molar refractivity (Wildman–Crippen MR) is 52.5 cm³/mol. The Labute approximate surface area is 76.0 Å². The Morgan fingerprint density at radius 1 is 1.64 bits per heavy atom. The number of hydrogen-bond donors (Lipinski definition) is 1. The molecule has 0 saturated heterocycles. The third kappa shape index (κ3) is 1.96. The van der Waals surface area contributed by atoms with E-state index in [0.29, 0.717) is 0 Å². The molecule has 1 nitrogen and oxygen atoms in total. The van der Waals surface area contributed by atoms with Gasteiger partial charge in [0.05, 0.1) is 0 Å². The summed E-state index contributed by atoms with van der Waals surface area (Å²) in [7, 11) is 0. The van der Waals surface area contributed by atoms with Gasteiger partial charge in [-0.15, -0.1) is 0 Å². The molecule has 1 rings (SSSR count). The number of hydrogen-bond acceptors (Lipinski definition) is 1. The molecule has 2 heteroatoms. The molecule has 0 radical (unpaired) electrons. The van der Waals surface area contributed by atoms with E-state index >= 15 is 0 Å². The van der Waals surface area contributed by atoms with Crippen molar-refractivity contribution < 1.29 is 0 Å². The lowest BCUT2D eigenvalue weighted by Crippen LogP contribution is -2.20. The van der Waals surface area contributed by atoms with Crippen LogP contribution in [0.5, 0.6) is 0 Å². The first kappa shape index (κ1) is 8.60. The lowest BCUT2D eigenvalue weighted by molar-refractivity contribution is 0.684. The summed E-state index contributed by atoms with van der Waals surface area (Å²) in [5.41, 5.74) is 2.38. The third-order valence-corrected chi connectivity index (χ3v) is 2.25. The predicted octanol–water partition coefficient (Wildman–Crippen LogP) is 2.72. The van der Waals surface area contributed by atoms with Crippen LogP contribution in [0.15, 0.2) is 35.0 Å². The van der Waals surface area contributed by atoms with Crippen LogP contribution in [0.2, 0.25) is 0 Å². The Balaban J connectivity index is 2.90. The number of nitrogens with one attached hydrogen (secondary N) is 1. The summed E-state index contributed by atoms with van der Waals surface area (Å²) in [5, 5.41) is 3.27. The van der Waals surface area contributed by atoms with Gasteiger partial charge in [0.25, 0.3) is 0 Å². The van der Waals surface area contributed by atoms with Crippen molar-refractivity contribution in [3.8, 4) is 0 Å². The fourth-order valence-corrected chi connectivity index (χ4v) is 1.62. The highest BCUT2D eigenvalue weighted by atomic mass is 79.9. The van der Waals surface area contributed by atoms with E-state index in [9.17, 15) is 0 Å². The molecule has 0 amide bonds. The van der Waals surface area contributed by atoms with Gasteiger partial charge < -0.3 is 5.32 Å². The van der Waals surface area contributed by atoms with Crippen LogP contribution in [-0.4, -0.2) is 6.54 Å². The summed E-state index contributed by atoms with van der Waals surface area (Å²) in [4.78, 5) is 0. The van der Waals surface area contributed by atoms with Crippen molar-refractivity contribution in [2.24, 2.45) is 0 Å². The molecule has 0 spiro atoms. The Morgan fingerprint density at radius 3 is 2.82 bits per heavy atom. The monoisotopic (exact) mass is 213 g/mol. The molecule has 0 unspecified atom stereocenters. The maximum Gasteiger partial charge on any atom is 0.0377 e. The van der Waals surface area contributed by atoms with Gasteiger partial charge >= 0.3 is 0 Å². The minimum Gasteiger partial charge on any atom is -0.385 e.